The second-order valence-electron chi connectivity index (χ2n) is 5.54. The SMILES string of the molecule is CCC(C)NCC(C)CC(C)(C)CC. The molecule has 2 unspecified atom stereocenters. The molecule has 0 saturated carbocycles. The molecule has 0 rings (SSSR count). The molecule has 1 N–H and O–H groups in total. The standard InChI is InChI=1S/C13H29N/c1-7-12(4)14-10-11(3)9-13(5,6)8-2/h11-12,14H,7-10H2,1-6H3. The summed E-state index contributed by atoms with van der Waals surface area (Å²) < 4.78 is 0. The summed E-state index contributed by atoms with van der Waals surface area (Å²) in [6.07, 6.45) is 3.83. The van der Waals surface area contributed by atoms with Crippen molar-refractivity contribution in [1.82, 2.24) is 5.32 Å². The van der Waals surface area contributed by atoms with E-state index < -0.39 is 0 Å². The summed E-state index contributed by atoms with van der Waals surface area (Å²) in [7, 11) is 0. The Labute approximate surface area is 90.7 Å². The maximum atomic E-state index is 3.58. The smallest absolute Gasteiger partial charge is 0.00362 e. The van der Waals surface area contributed by atoms with Gasteiger partial charge in [0.1, 0.15) is 0 Å². The van der Waals surface area contributed by atoms with Crippen LogP contribution in [0.15, 0.2) is 0 Å². The van der Waals surface area contributed by atoms with Gasteiger partial charge >= 0.3 is 0 Å². The van der Waals surface area contributed by atoms with E-state index in [0.29, 0.717) is 11.5 Å². The van der Waals surface area contributed by atoms with Crippen molar-refractivity contribution in [2.24, 2.45) is 11.3 Å². The third-order valence-corrected chi connectivity index (χ3v) is 3.29. The molecule has 0 bridgehead atoms. The van der Waals surface area contributed by atoms with Crippen LogP contribution in [0.5, 0.6) is 0 Å². The second kappa shape index (κ2) is 6.44. The van der Waals surface area contributed by atoms with Crippen LogP contribution in [0.3, 0.4) is 0 Å². The van der Waals surface area contributed by atoms with Crippen molar-refractivity contribution in [1.29, 1.82) is 0 Å². The van der Waals surface area contributed by atoms with Crippen molar-refractivity contribution in [3.8, 4) is 0 Å². The quantitative estimate of drug-likeness (QED) is 0.657. The van der Waals surface area contributed by atoms with Crippen LogP contribution in [-0.4, -0.2) is 12.6 Å². The molecule has 0 spiro atoms. The minimum Gasteiger partial charge on any atom is -0.314 e. The lowest BCUT2D eigenvalue weighted by molar-refractivity contribution is 0.258. The third-order valence-electron chi connectivity index (χ3n) is 3.29. The van der Waals surface area contributed by atoms with Crippen LogP contribution < -0.4 is 5.32 Å². The Balaban J connectivity index is 3.70. The number of nitrogens with one attached hydrogen (secondary N) is 1. The van der Waals surface area contributed by atoms with Crippen LogP contribution in [0.1, 0.15) is 60.8 Å². The molecule has 0 aromatic rings. The van der Waals surface area contributed by atoms with Crippen molar-refractivity contribution < 1.29 is 0 Å². The number of rotatable bonds is 7. The first-order chi connectivity index (χ1) is 6.41. The van der Waals surface area contributed by atoms with Crippen molar-refractivity contribution in [3.05, 3.63) is 0 Å². The molecule has 0 saturated heterocycles. The Kier molecular flexibility index (Phi) is 6.43. The Morgan fingerprint density at radius 3 is 2.14 bits per heavy atom. The topological polar surface area (TPSA) is 12.0 Å². The minimum atomic E-state index is 0.510. The van der Waals surface area contributed by atoms with Gasteiger partial charge in [-0.2, -0.15) is 0 Å². The van der Waals surface area contributed by atoms with Gasteiger partial charge in [-0.05, 0) is 37.6 Å². The molecule has 0 fully saturated rings. The molecule has 0 aliphatic heterocycles. The van der Waals surface area contributed by atoms with Crippen LogP contribution in [0, 0.1) is 11.3 Å². The van der Waals surface area contributed by atoms with E-state index in [1.807, 2.05) is 0 Å². The summed E-state index contributed by atoms with van der Waals surface area (Å²) in [5, 5.41) is 3.58. The largest absolute Gasteiger partial charge is 0.314 e. The normalized spacial score (nSPS) is 16.7. The Morgan fingerprint density at radius 2 is 1.71 bits per heavy atom. The monoisotopic (exact) mass is 199 g/mol. The van der Waals surface area contributed by atoms with Gasteiger partial charge in [0.05, 0.1) is 0 Å². The molecule has 86 valence electrons. The molecule has 0 amide bonds. The summed E-state index contributed by atoms with van der Waals surface area (Å²) in [5.74, 6) is 0.791. The van der Waals surface area contributed by atoms with Gasteiger partial charge in [0.2, 0.25) is 0 Å². The second-order valence-corrected chi connectivity index (χ2v) is 5.54. The minimum absolute atomic E-state index is 0.510. The van der Waals surface area contributed by atoms with Gasteiger partial charge in [-0.3, -0.25) is 0 Å². The predicted octanol–water partition coefficient (Wildman–Crippen LogP) is 3.84. The van der Waals surface area contributed by atoms with Gasteiger partial charge in [0.25, 0.3) is 0 Å². The van der Waals surface area contributed by atoms with E-state index >= 15 is 0 Å². The molecule has 0 aromatic carbocycles. The van der Waals surface area contributed by atoms with Crippen LogP contribution in [0.25, 0.3) is 0 Å². The van der Waals surface area contributed by atoms with Crippen LogP contribution in [0.4, 0.5) is 0 Å². The molecule has 0 radical (unpaired) electrons. The highest BCUT2D eigenvalue weighted by Crippen LogP contribution is 2.28. The fourth-order valence-electron chi connectivity index (χ4n) is 1.71. The van der Waals surface area contributed by atoms with Crippen molar-refractivity contribution in [2.75, 3.05) is 6.54 Å². The first-order valence-electron chi connectivity index (χ1n) is 6.14. The maximum Gasteiger partial charge on any atom is 0.00362 e. The van der Waals surface area contributed by atoms with Crippen molar-refractivity contribution in [2.45, 2.75) is 66.8 Å². The zero-order valence-corrected chi connectivity index (χ0v) is 11.0. The van der Waals surface area contributed by atoms with E-state index in [1.165, 1.54) is 25.8 Å². The Hall–Kier alpha value is -0.0400. The summed E-state index contributed by atoms with van der Waals surface area (Å²) in [6.45, 7) is 15.0. The number of hydrogen-bond donors (Lipinski definition) is 1. The Morgan fingerprint density at radius 1 is 1.14 bits per heavy atom. The zero-order chi connectivity index (χ0) is 11.2. The van der Waals surface area contributed by atoms with Gasteiger partial charge < -0.3 is 5.32 Å². The van der Waals surface area contributed by atoms with Gasteiger partial charge in [-0.25, -0.2) is 0 Å². The molecule has 0 aliphatic rings. The number of hydrogen-bond acceptors (Lipinski definition) is 1. The first-order valence-corrected chi connectivity index (χ1v) is 6.14. The summed E-state index contributed by atoms with van der Waals surface area (Å²) in [6, 6.07) is 0.669. The summed E-state index contributed by atoms with van der Waals surface area (Å²) in [4.78, 5) is 0. The summed E-state index contributed by atoms with van der Waals surface area (Å²) in [5.41, 5.74) is 0.510. The van der Waals surface area contributed by atoms with Crippen molar-refractivity contribution in [3.63, 3.8) is 0 Å². The maximum absolute atomic E-state index is 3.58. The van der Waals surface area contributed by atoms with E-state index in [-0.39, 0.29) is 0 Å². The zero-order valence-electron chi connectivity index (χ0n) is 11.0. The van der Waals surface area contributed by atoms with E-state index in [0.717, 1.165) is 5.92 Å². The van der Waals surface area contributed by atoms with Crippen LogP contribution in [-0.2, 0) is 0 Å². The molecular formula is C13H29N. The summed E-state index contributed by atoms with van der Waals surface area (Å²) >= 11 is 0. The van der Waals surface area contributed by atoms with Gasteiger partial charge in [0, 0.05) is 6.04 Å². The average molecular weight is 199 g/mol. The first kappa shape index (κ1) is 14.0. The fourth-order valence-corrected chi connectivity index (χ4v) is 1.71. The lowest BCUT2D eigenvalue weighted by Gasteiger charge is -2.27. The predicted molar refractivity (Wildman–Crippen MR) is 65.6 cm³/mol. The van der Waals surface area contributed by atoms with Gasteiger partial charge in [0.15, 0.2) is 0 Å². The molecule has 2 atom stereocenters. The highest BCUT2D eigenvalue weighted by molar-refractivity contribution is 4.72. The molecule has 0 heterocycles. The third kappa shape index (κ3) is 6.42. The van der Waals surface area contributed by atoms with Crippen LogP contribution in [0.2, 0.25) is 0 Å². The highest BCUT2D eigenvalue weighted by Gasteiger charge is 2.18. The van der Waals surface area contributed by atoms with Gasteiger partial charge in [-0.1, -0.05) is 41.0 Å². The molecule has 1 nitrogen and oxygen atoms in total. The van der Waals surface area contributed by atoms with E-state index in [2.05, 4.69) is 46.9 Å². The lowest BCUT2D eigenvalue weighted by atomic mass is 9.81. The molecule has 0 aromatic heterocycles. The molecule has 1 heteroatoms. The van der Waals surface area contributed by atoms with Crippen LogP contribution >= 0.6 is 0 Å². The molecule has 0 aliphatic carbocycles. The van der Waals surface area contributed by atoms with E-state index in [9.17, 15) is 0 Å². The van der Waals surface area contributed by atoms with Gasteiger partial charge in [-0.15, -0.1) is 0 Å². The Bertz CT molecular complexity index is 140. The highest BCUT2D eigenvalue weighted by atomic mass is 14.9. The lowest BCUT2D eigenvalue weighted by Crippen LogP contribution is -2.31. The van der Waals surface area contributed by atoms with E-state index in [1.54, 1.807) is 0 Å². The average Bonchev–Trinajstić information content (AvgIpc) is 2.13. The fraction of sp³-hybridized carbons (Fsp3) is 1.00. The molecular weight excluding hydrogens is 170 g/mol. The molecule has 14 heavy (non-hydrogen) atoms. The van der Waals surface area contributed by atoms with Crippen molar-refractivity contribution >= 4 is 0 Å². The van der Waals surface area contributed by atoms with E-state index in [4.69, 9.17) is 0 Å².